The Morgan fingerprint density at radius 2 is 1.90 bits per heavy atom. The van der Waals surface area contributed by atoms with E-state index in [0.29, 0.717) is 23.4 Å². The van der Waals surface area contributed by atoms with Crippen LogP contribution in [0.4, 0.5) is 0 Å². The number of allylic oxidation sites excluding steroid dienone is 1. The fourth-order valence-electron chi connectivity index (χ4n) is 6.16. The summed E-state index contributed by atoms with van der Waals surface area (Å²) < 4.78 is 4.82. The van der Waals surface area contributed by atoms with Crippen molar-refractivity contribution in [2.45, 2.75) is 50.0 Å². The molecular weight excluding hydrogens is 370 g/mol. The first-order valence-corrected chi connectivity index (χ1v) is 11.3. The van der Waals surface area contributed by atoms with E-state index in [2.05, 4.69) is 60.4 Å². The summed E-state index contributed by atoms with van der Waals surface area (Å²) in [6.45, 7) is 4.80. The smallest absolute Gasteiger partial charge is 0.337 e. The van der Waals surface area contributed by atoms with Crippen molar-refractivity contribution >= 4 is 12.0 Å². The Morgan fingerprint density at radius 1 is 1.10 bits per heavy atom. The molecule has 1 heterocycles. The van der Waals surface area contributed by atoms with Gasteiger partial charge in [-0.3, -0.25) is 0 Å². The highest BCUT2D eigenvalue weighted by atomic mass is 16.5. The zero-order valence-electron chi connectivity index (χ0n) is 18.0. The van der Waals surface area contributed by atoms with Gasteiger partial charge in [0.25, 0.3) is 0 Å². The molecule has 0 aromatic heterocycles. The van der Waals surface area contributed by atoms with Gasteiger partial charge in [-0.2, -0.15) is 0 Å². The van der Waals surface area contributed by atoms with Gasteiger partial charge in [0.2, 0.25) is 0 Å². The van der Waals surface area contributed by atoms with Crippen molar-refractivity contribution in [3.05, 3.63) is 76.9 Å². The van der Waals surface area contributed by atoms with Crippen LogP contribution < -0.4 is 0 Å². The van der Waals surface area contributed by atoms with E-state index in [1.165, 1.54) is 62.6 Å². The minimum atomic E-state index is -0.260. The van der Waals surface area contributed by atoms with Gasteiger partial charge >= 0.3 is 5.97 Å². The lowest BCUT2D eigenvalue weighted by Crippen LogP contribution is -2.50. The molecule has 0 amide bonds. The van der Waals surface area contributed by atoms with Crippen molar-refractivity contribution in [2.24, 2.45) is 5.92 Å². The number of benzene rings is 2. The number of nitrogens with zero attached hydrogens (tertiary/aromatic N) is 1. The van der Waals surface area contributed by atoms with Gasteiger partial charge in [0.15, 0.2) is 0 Å². The molecule has 3 aliphatic rings. The van der Waals surface area contributed by atoms with Crippen molar-refractivity contribution in [3.8, 4) is 0 Å². The number of ether oxygens (including phenoxy) is 1. The number of esters is 1. The van der Waals surface area contributed by atoms with Gasteiger partial charge in [-0.25, -0.2) is 4.79 Å². The van der Waals surface area contributed by atoms with Crippen LogP contribution >= 0.6 is 0 Å². The molecule has 1 aliphatic heterocycles. The van der Waals surface area contributed by atoms with Gasteiger partial charge in [-0.05, 0) is 72.9 Å². The van der Waals surface area contributed by atoms with Crippen LogP contribution in [0.1, 0.15) is 65.6 Å². The molecular formula is C27H31NO2. The minimum absolute atomic E-state index is 0.231. The molecule has 1 spiro atoms. The van der Waals surface area contributed by atoms with Crippen LogP contribution in [-0.2, 0) is 10.2 Å². The summed E-state index contributed by atoms with van der Waals surface area (Å²) in [5.41, 5.74) is 5.17. The van der Waals surface area contributed by atoms with E-state index in [-0.39, 0.29) is 11.4 Å². The summed E-state index contributed by atoms with van der Waals surface area (Å²) in [5.74, 6) is 0.967. The number of hydrogen-bond donors (Lipinski definition) is 0. The van der Waals surface area contributed by atoms with Gasteiger partial charge in [0.05, 0.1) is 12.7 Å². The number of methoxy groups -OCH3 is 1. The average molecular weight is 402 g/mol. The van der Waals surface area contributed by atoms with Crippen LogP contribution in [0.3, 0.4) is 0 Å². The Labute approximate surface area is 179 Å². The Bertz CT molecular complexity index is 963. The fourth-order valence-corrected chi connectivity index (χ4v) is 6.16. The first-order valence-electron chi connectivity index (χ1n) is 11.3. The first-order chi connectivity index (χ1) is 14.6. The second kappa shape index (κ2) is 7.70. The lowest BCUT2D eigenvalue weighted by molar-refractivity contribution is 0.0600. The molecule has 1 saturated carbocycles. The van der Waals surface area contributed by atoms with Crippen molar-refractivity contribution in [2.75, 3.05) is 20.2 Å². The standard InChI is InChI=1S/C27H31NO2/c1-19-18-28(16-15-27(19)14-13-21-5-3-4-6-25(21)27)24-12-11-23(17-24)20-7-9-22(10-8-20)26(29)30-2/h3-10,13-14,19,23-24H,11-12,15-18H2,1-2H3/t19-,23?,24?,27?/m0/s1. The topological polar surface area (TPSA) is 29.5 Å². The molecule has 3 unspecified atom stereocenters. The quantitative estimate of drug-likeness (QED) is 0.644. The van der Waals surface area contributed by atoms with Crippen molar-refractivity contribution < 1.29 is 9.53 Å². The Kier molecular flexibility index (Phi) is 5.02. The van der Waals surface area contributed by atoms with Crippen LogP contribution in [0.25, 0.3) is 6.08 Å². The maximum absolute atomic E-state index is 11.7. The molecule has 3 nitrogen and oxygen atoms in total. The molecule has 5 rings (SSSR count). The monoisotopic (exact) mass is 401 g/mol. The Hall–Kier alpha value is -2.39. The summed E-state index contributed by atoms with van der Waals surface area (Å²) in [6.07, 6.45) is 9.78. The SMILES string of the molecule is COC(=O)c1ccc(C2CCC(N3CCC4(C=Cc5ccccc54)[C@@H](C)C3)C2)cc1. The zero-order valence-corrected chi connectivity index (χ0v) is 18.0. The van der Waals surface area contributed by atoms with Crippen molar-refractivity contribution in [1.29, 1.82) is 0 Å². The highest BCUT2D eigenvalue weighted by Gasteiger charge is 2.45. The van der Waals surface area contributed by atoms with E-state index in [9.17, 15) is 4.79 Å². The largest absolute Gasteiger partial charge is 0.465 e. The fraction of sp³-hybridized carbons (Fsp3) is 0.444. The predicted octanol–water partition coefficient (Wildman–Crippen LogP) is 5.42. The highest BCUT2D eigenvalue weighted by molar-refractivity contribution is 5.89. The van der Waals surface area contributed by atoms with Gasteiger partial charge in [0, 0.05) is 18.0 Å². The zero-order chi connectivity index (χ0) is 20.7. The van der Waals surface area contributed by atoms with Crippen LogP contribution in [0, 0.1) is 5.92 Å². The van der Waals surface area contributed by atoms with Gasteiger partial charge in [0.1, 0.15) is 0 Å². The molecule has 30 heavy (non-hydrogen) atoms. The third-order valence-electron chi connectivity index (χ3n) is 7.95. The Balaban J connectivity index is 1.25. The number of rotatable bonds is 3. The minimum Gasteiger partial charge on any atom is -0.465 e. The average Bonchev–Trinajstić information content (AvgIpc) is 3.42. The highest BCUT2D eigenvalue weighted by Crippen LogP contribution is 2.48. The third-order valence-corrected chi connectivity index (χ3v) is 7.95. The summed E-state index contributed by atoms with van der Waals surface area (Å²) in [5, 5.41) is 0. The van der Waals surface area contributed by atoms with Crippen molar-refractivity contribution in [3.63, 3.8) is 0 Å². The molecule has 2 aromatic carbocycles. The van der Waals surface area contributed by atoms with Crippen LogP contribution in [0.5, 0.6) is 0 Å². The molecule has 156 valence electrons. The first kappa shape index (κ1) is 19.6. The molecule has 0 N–H and O–H groups in total. The van der Waals surface area contributed by atoms with Crippen LogP contribution in [0.2, 0.25) is 0 Å². The summed E-state index contributed by atoms with van der Waals surface area (Å²) in [7, 11) is 1.43. The lowest BCUT2D eigenvalue weighted by atomic mass is 9.68. The summed E-state index contributed by atoms with van der Waals surface area (Å²) in [6, 6.07) is 17.7. The van der Waals surface area contributed by atoms with Crippen LogP contribution in [0.15, 0.2) is 54.6 Å². The number of fused-ring (bicyclic) bond motifs is 2. The summed E-state index contributed by atoms with van der Waals surface area (Å²) in [4.78, 5) is 14.4. The molecule has 2 fully saturated rings. The van der Waals surface area contributed by atoms with E-state index < -0.39 is 0 Å². The number of piperidine rings is 1. The molecule has 0 bridgehead atoms. The van der Waals surface area contributed by atoms with Gasteiger partial charge in [-0.1, -0.05) is 55.5 Å². The van der Waals surface area contributed by atoms with Gasteiger partial charge < -0.3 is 9.64 Å². The molecule has 0 radical (unpaired) electrons. The predicted molar refractivity (Wildman–Crippen MR) is 121 cm³/mol. The van der Waals surface area contributed by atoms with E-state index in [1.54, 1.807) is 0 Å². The second-order valence-corrected chi connectivity index (χ2v) is 9.38. The molecule has 2 aliphatic carbocycles. The Morgan fingerprint density at radius 3 is 2.67 bits per heavy atom. The maximum atomic E-state index is 11.7. The summed E-state index contributed by atoms with van der Waals surface area (Å²) >= 11 is 0. The lowest BCUT2D eigenvalue weighted by Gasteiger charge is -2.46. The molecule has 4 atom stereocenters. The van der Waals surface area contributed by atoms with E-state index in [1.807, 2.05) is 12.1 Å². The molecule has 2 aromatic rings. The molecule has 3 heteroatoms. The molecule has 1 saturated heterocycles. The van der Waals surface area contributed by atoms with E-state index in [0.717, 1.165) is 0 Å². The third kappa shape index (κ3) is 3.20. The van der Waals surface area contributed by atoms with Gasteiger partial charge in [-0.15, -0.1) is 0 Å². The number of carbonyl (C=O) groups excluding carboxylic acids is 1. The van der Waals surface area contributed by atoms with Crippen molar-refractivity contribution in [1.82, 2.24) is 4.90 Å². The van der Waals surface area contributed by atoms with Crippen LogP contribution in [-0.4, -0.2) is 37.1 Å². The normalized spacial score (nSPS) is 30.5. The van der Waals surface area contributed by atoms with E-state index in [4.69, 9.17) is 4.74 Å². The van der Waals surface area contributed by atoms with E-state index >= 15 is 0 Å². The maximum Gasteiger partial charge on any atom is 0.337 e. The number of carbonyl (C=O) groups is 1. The number of likely N-dealkylation sites (tertiary alicyclic amines) is 1. The second-order valence-electron chi connectivity index (χ2n) is 9.38. The number of hydrogen-bond acceptors (Lipinski definition) is 3.